The van der Waals surface area contributed by atoms with Crippen LogP contribution in [0.25, 0.3) is 0 Å². The lowest BCUT2D eigenvalue weighted by molar-refractivity contribution is -0.162. The first-order chi connectivity index (χ1) is 13.8. The van der Waals surface area contributed by atoms with Gasteiger partial charge in [-0.3, -0.25) is 9.59 Å². The SMILES string of the molecule is C=CCOC(=O)[C@H]1/C(=N/O)C[C@](C)(O)[C@@H](C(=O)OCC=C)[C@H]1c1ccc(Br)cc1. The molecule has 0 unspecified atom stereocenters. The molecule has 1 aliphatic carbocycles. The summed E-state index contributed by atoms with van der Waals surface area (Å²) in [6, 6.07) is 6.97. The molecule has 2 N–H and O–H groups in total. The summed E-state index contributed by atoms with van der Waals surface area (Å²) in [5, 5.41) is 23.9. The highest BCUT2D eigenvalue weighted by Crippen LogP contribution is 2.47. The van der Waals surface area contributed by atoms with Crippen LogP contribution in [0, 0.1) is 11.8 Å². The summed E-state index contributed by atoms with van der Waals surface area (Å²) in [5.41, 5.74) is -0.993. The second kappa shape index (κ2) is 9.84. The molecule has 1 aliphatic rings. The minimum Gasteiger partial charge on any atom is -0.461 e. The molecule has 4 atom stereocenters. The fourth-order valence-corrected chi connectivity index (χ4v) is 3.95. The summed E-state index contributed by atoms with van der Waals surface area (Å²) in [6.07, 6.45) is 2.63. The molecule has 29 heavy (non-hydrogen) atoms. The first-order valence-electron chi connectivity index (χ1n) is 9.00. The van der Waals surface area contributed by atoms with E-state index in [-0.39, 0.29) is 25.3 Å². The molecule has 1 aromatic carbocycles. The van der Waals surface area contributed by atoms with Gasteiger partial charge < -0.3 is 19.8 Å². The van der Waals surface area contributed by atoms with Crippen LogP contribution in [0.1, 0.15) is 24.8 Å². The number of nitrogens with zero attached hydrogens (tertiary/aromatic N) is 1. The average Bonchev–Trinajstić information content (AvgIpc) is 2.69. The second-order valence-corrected chi connectivity index (χ2v) is 7.91. The quantitative estimate of drug-likeness (QED) is 0.277. The van der Waals surface area contributed by atoms with Crippen LogP contribution in [0.4, 0.5) is 0 Å². The van der Waals surface area contributed by atoms with E-state index in [1.807, 2.05) is 0 Å². The Hall–Kier alpha value is -2.45. The second-order valence-electron chi connectivity index (χ2n) is 7.00. The summed E-state index contributed by atoms with van der Waals surface area (Å²) >= 11 is 3.36. The van der Waals surface area contributed by atoms with Crippen molar-refractivity contribution < 1.29 is 29.4 Å². The predicted molar refractivity (Wildman–Crippen MR) is 111 cm³/mol. The van der Waals surface area contributed by atoms with E-state index in [4.69, 9.17) is 9.47 Å². The number of esters is 2. The smallest absolute Gasteiger partial charge is 0.315 e. The number of hydrogen-bond acceptors (Lipinski definition) is 7. The highest BCUT2D eigenvalue weighted by Gasteiger charge is 2.56. The van der Waals surface area contributed by atoms with Gasteiger partial charge in [-0.2, -0.15) is 0 Å². The molecular weight excluding hydrogens is 442 g/mol. The van der Waals surface area contributed by atoms with Crippen LogP contribution < -0.4 is 0 Å². The largest absolute Gasteiger partial charge is 0.461 e. The minimum absolute atomic E-state index is 0.0322. The van der Waals surface area contributed by atoms with E-state index in [0.29, 0.717) is 5.56 Å². The Morgan fingerprint density at radius 3 is 2.28 bits per heavy atom. The minimum atomic E-state index is -1.62. The van der Waals surface area contributed by atoms with Gasteiger partial charge in [-0.25, -0.2) is 0 Å². The van der Waals surface area contributed by atoms with Crippen molar-refractivity contribution in [3.05, 3.63) is 59.6 Å². The van der Waals surface area contributed by atoms with Crippen LogP contribution in [-0.2, 0) is 19.1 Å². The zero-order valence-electron chi connectivity index (χ0n) is 16.1. The normalized spacial score (nSPS) is 27.8. The van der Waals surface area contributed by atoms with Gasteiger partial charge in [-0.1, -0.05) is 58.5 Å². The van der Waals surface area contributed by atoms with Crippen LogP contribution in [0.15, 0.2) is 59.2 Å². The van der Waals surface area contributed by atoms with E-state index in [0.717, 1.165) is 4.47 Å². The molecule has 156 valence electrons. The summed E-state index contributed by atoms with van der Waals surface area (Å²) in [5.74, 6) is -4.41. The van der Waals surface area contributed by atoms with Crippen molar-refractivity contribution in [2.45, 2.75) is 24.9 Å². The summed E-state index contributed by atoms with van der Waals surface area (Å²) in [6.45, 7) is 8.42. The fourth-order valence-electron chi connectivity index (χ4n) is 3.69. The molecule has 0 radical (unpaired) electrons. The van der Waals surface area contributed by atoms with Crippen molar-refractivity contribution in [1.82, 2.24) is 0 Å². The van der Waals surface area contributed by atoms with Crippen LogP contribution in [0.2, 0.25) is 0 Å². The molecule has 2 rings (SSSR count). The molecule has 0 amide bonds. The number of rotatable bonds is 7. The molecule has 0 aromatic heterocycles. The van der Waals surface area contributed by atoms with Crippen LogP contribution in [-0.4, -0.2) is 46.8 Å². The van der Waals surface area contributed by atoms with Gasteiger partial charge in [0.1, 0.15) is 19.1 Å². The van der Waals surface area contributed by atoms with E-state index in [1.54, 1.807) is 24.3 Å². The van der Waals surface area contributed by atoms with Gasteiger partial charge in [0.15, 0.2) is 0 Å². The van der Waals surface area contributed by atoms with E-state index in [9.17, 15) is 19.9 Å². The Kier molecular flexibility index (Phi) is 7.75. The number of halogens is 1. The molecule has 8 heteroatoms. The summed E-state index contributed by atoms with van der Waals surface area (Å²) in [4.78, 5) is 25.7. The average molecular weight is 466 g/mol. The third-order valence-corrected chi connectivity index (χ3v) is 5.39. The summed E-state index contributed by atoms with van der Waals surface area (Å²) in [7, 11) is 0. The maximum absolute atomic E-state index is 12.9. The molecular formula is C21H24BrNO6. The van der Waals surface area contributed by atoms with Gasteiger partial charge in [-0.15, -0.1) is 0 Å². The van der Waals surface area contributed by atoms with Gasteiger partial charge in [-0.05, 0) is 24.6 Å². The Labute approximate surface area is 177 Å². The maximum Gasteiger partial charge on any atom is 0.315 e. The van der Waals surface area contributed by atoms with Gasteiger partial charge >= 0.3 is 11.9 Å². The number of ether oxygens (including phenoxy) is 2. The molecule has 0 heterocycles. The Bertz CT molecular complexity index is 802. The molecule has 0 bridgehead atoms. The topological polar surface area (TPSA) is 105 Å². The van der Waals surface area contributed by atoms with Crippen molar-refractivity contribution in [2.24, 2.45) is 17.0 Å². The number of hydrogen-bond donors (Lipinski definition) is 2. The van der Waals surface area contributed by atoms with E-state index in [2.05, 4.69) is 34.2 Å². The van der Waals surface area contributed by atoms with Gasteiger partial charge in [0, 0.05) is 16.8 Å². The molecule has 0 saturated heterocycles. The molecule has 0 spiro atoms. The maximum atomic E-state index is 12.9. The lowest BCUT2D eigenvalue weighted by Gasteiger charge is -2.44. The van der Waals surface area contributed by atoms with Crippen LogP contribution in [0.5, 0.6) is 0 Å². The molecule has 1 saturated carbocycles. The van der Waals surface area contributed by atoms with Crippen molar-refractivity contribution in [1.29, 1.82) is 0 Å². The zero-order valence-corrected chi connectivity index (χ0v) is 17.7. The fraction of sp³-hybridized carbons (Fsp3) is 0.381. The Morgan fingerprint density at radius 1 is 1.21 bits per heavy atom. The van der Waals surface area contributed by atoms with Crippen LogP contribution in [0.3, 0.4) is 0 Å². The number of carbonyl (C=O) groups excluding carboxylic acids is 2. The van der Waals surface area contributed by atoms with Crippen molar-refractivity contribution in [3.8, 4) is 0 Å². The summed E-state index contributed by atoms with van der Waals surface area (Å²) < 4.78 is 11.2. The van der Waals surface area contributed by atoms with E-state index >= 15 is 0 Å². The van der Waals surface area contributed by atoms with Crippen molar-refractivity contribution in [2.75, 3.05) is 13.2 Å². The standard InChI is InChI=1S/C21H24BrNO6/c1-4-10-28-19(24)17-15(23-27)12-21(3,26)18(20(25)29-11-5-2)16(17)13-6-8-14(22)9-7-13/h4-9,16-18,26-27H,1-2,10-12H2,3H3/b23-15+/t16-,17-,18+,21-/m0/s1. The highest BCUT2D eigenvalue weighted by atomic mass is 79.9. The third-order valence-electron chi connectivity index (χ3n) is 4.86. The van der Waals surface area contributed by atoms with Crippen LogP contribution >= 0.6 is 15.9 Å². The molecule has 1 fully saturated rings. The highest BCUT2D eigenvalue weighted by molar-refractivity contribution is 9.10. The molecule has 1 aromatic rings. The van der Waals surface area contributed by atoms with Crippen molar-refractivity contribution in [3.63, 3.8) is 0 Å². The third kappa shape index (κ3) is 5.13. The lowest BCUT2D eigenvalue weighted by atomic mass is 9.61. The van der Waals surface area contributed by atoms with Crippen molar-refractivity contribution >= 4 is 33.6 Å². The monoisotopic (exact) mass is 465 g/mol. The van der Waals surface area contributed by atoms with Gasteiger partial charge in [0.2, 0.25) is 0 Å². The molecule has 7 nitrogen and oxygen atoms in total. The molecule has 0 aliphatic heterocycles. The number of oxime groups is 1. The van der Waals surface area contributed by atoms with Gasteiger partial charge in [0.05, 0.1) is 17.2 Å². The zero-order chi connectivity index (χ0) is 21.6. The number of benzene rings is 1. The van der Waals surface area contributed by atoms with E-state index in [1.165, 1.54) is 19.1 Å². The first-order valence-corrected chi connectivity index (χ1v) is 9.79. The van der Waals surface area contributed by atoms with Gasteiger partial charge in [0.25, 0.3) is 0 Å². The Balaban J connectivity index is 2.62. The lowest BCUT2D eigenvalue weighted by Crippen LogP contribution is -2.55. The number of aliphatic hydroxyl groups is 1. The predicted octanol–water partition coefficient (Wildman–Crippen LogP) is 3.21. The van der Waals surface area contributed by atoms with E-state index < -0.39 is 35.3 Å². The Morgan fingerprint density at radius 2 is 1.76 bits per heavy atom. The first kappa shape index (κ1) is 22.8. The number of carbonyl (C=O) groups is 2.